The monoisotopic (exact) mass is 433 g/mol. The largest absolute Gasteiger partial charge is 0.353 e. The number of hydrogen-bond donors (Lipinski definition) is 1. The van der Waals surface area contributed by atoms with Crippen molar-refractivity contribution >= 4 is 39.2 Å². The molecule has 150 valence electrons. The minimum atomic E-state index is -0.116. The molecule has 0 aliphatic heterocycles. The van der Waals surface area contributed by atoms with Gasteiger partial charge in [-0.05, 0) is 36.6 Å². The van der Waals surface area contributed by atoms with Crippen LogP contribution < -0.4 is 10.9 Å². The summed E-state index contributed by atoms with van der Waals surface area (Å²) < 4.78 is 1.61. The van der Waals surface area contributed by atoms with Crippen LogP contribution in [0.25, 0.3) is 26.3 Å². The van der Waals surface area contributed by atoms with Gasteiger partial charge in [0, 0.05) is 10.9 Å². The van der Waals surface area contributed by atoms with E-state index < -0.39 is 0 Å². The van der Waals surface area contributed by atoms with E-state index in [4.69, 9.17) is 4.98 Å². The molecule has 30 heavy (non-hydrogen) atoms. The summed E-state index contributed by atoms with van der Waals surface area (Å²) in [6.45, 7) is 0. The number of fused-ring (bicyclic) bond motifs is 1. The summed E-state index contributed by atoms with van der Waals surface area (Å²) in [6, 6.07) is 21.7. The zero-order chi connectivity index (χ0) is 20.5. The van der Waals surface area contributed by atoms with Crippen molar-refractivity contribution in [1.29, 1.82) is 0 Å². The predicted octanol–water partition coefficient (Wildman–Crippen LogP) is 4.48. The second-order valence-electron chi connectivity index (χ2n) is 7.20. The molecule has 5 nitrogen and oxygen atoms in total. The predicted molar refractivity (Wildman–Crippen MR) is 123 cm³/mol. The van der Waals surface area contributed by atoms with Gasteiger partial charge in [0.05, 0.1) is 16.8 Å². The maximum absolute atomic E-state index is 13.4. The summed E-state index contributed by atoms with van der Waals surface area (Å²) in [6.07, 6.45) is 2.10. The van der Waals surface area contributed by atoms with Gasteiger partial charge >= 0.3 is 0 Å². The number of nitrogens with zero attached hydrogens (tertiary/aromatic N) is 2. The Morgan fingerprint density at radius 3 is 2.50 bits per heavy atom. The average Bonchev–Trinajstić information content (AvgIpc) is 3.48. The summed E-state index contributed by atoms with van der Waals surface area (Å²) in [5, 5.41) is 4.11. The van der Waals surface area contributed by atoms with Crippen LogP contribution in [0.3, 0.4) is 0 Å². The Morgan fingerprint density at radius 2 is 1.80 bits per heavy atom. The van der Waals surface area contributed by atoms with Gasteiger partial charge in [-0.1, -0.05) is 60.3 Å². The minimum Gasteiger partial charge on any atom is -0.353 e. The van der Waals surface area contributed by atoms with Crippen LogP contribution in [0.15, 0.2) is 76.7 Å². The molecular formula is C23H19N3O2S2. The molecule has 4 aromatic rings. The highest BCUT2D eigenvalue weighted by Gasteiger charge is 2.24. The number of nitrogens with one attached hydrogen (secondary N) is 1. The lowest BCUT2D eigenvalue weighted by Crippen LogP contribution is -2.28. The lowest BCUT2D eigenvalue weighted by molar-refractivity contribution is -0.118. The number of thioether (sulfide) groups is 1. The molecule has 1 aliphatic carbocycles. The second kappa shape index (κ2) is 8.08. The number of aromatic nitrogens is 2. The van der Waals surface area contributed by atoms with Crippen molar-refractivity contribution in [3.8, 4) is 16.1 Å². The van der Waals surface area contributed by atoms with Crippen LogP contribution in [0.4, 0.5) is 0 Å². The van der Waals surface area contributed by atoms with E-state index in [0.29, 0.717) is 21.4 Å². The van der Waals surface area contributed by atoms with Crippen LogP contribution in [-0.2, 0) is 4.79 Å². The SMILES string of the molecule is O=C(CSc1nc2sc(-c3ccccc3)cc2c(=O)n1-c1ccccc1)NC1CC1. The maximum atomic E-state index is 13.4. The highest BCUT2D eigenvalue weighted by Crippen LogP contribution is 2.32. The Morgan fingerprint density at radius 1 is 1.10 bits per heavy atom. The quantitative estimate of drug-likeness (QED) is 0.360. The number of hydrogen-bond acceptors (Lipinski definition) is 5. The Hall–Kier alpha value is -2.90. The maximum Gasteiger partial charge on any atom is 0.267 e. The van der Waals surface area contributed by atoms with Crippen LogP contribution in [0.2, 0.25) is 0 Å². The zero-order valence-corrected chi connectivity index (χ0v) is 17.7. The van der Waals surface area contributed by atoms with Gasteiger partial charge < -0.3 is 5.32 Å². The first-order valence-electron chi connectivity index (χ1n) is 9.78. The number of carbonyl (C=O) groups is 1. The molecule has 1 aliphatic rings. The molecule has 0 bridgehead atoms. The Balaban J connectivity index is 1.58. The molecule has 7 heteroatoms. The van der Waals surface area contributed by atoms with Crippen molar-refractivity contribution in [3.05, 3.63) is 77.1 Å². The smallest absolute Gasteiger partial charge is 0.267 e. The van der Waals surface area contributed by atoms with E-state index in [0.717, 1.165) is 29.0 Å². The van der Waals surface area contributed by atoms with Crippen LogP contribution in [0.5, 0.6) is 0 Å². The Labute approximate surface area is 181 Å². The number of benzene rings is 2. The van der Waals surface area contributed by atoms with E-state index >= 15 is 0 Å². The summed E-state index contributed by atoms with van der Waals surface area (Å²) in [5.74, 6) is 0.214. The van der Waals surface area contributed by atoms with E-state index in [2.05, 4.69) is 5.32 Å². The first kappa shape index (κ1) is 19.1. The molecule has 1 N–H and O–H groups in total. The lowest BCUT2D eigenvalue weighted by atomic mass is 10.2. The molecule has 2 aromatic heterocycles. The third-order valence-corrected chi connectivity index (χ3v) is 6.90. The third-order valence-electron chi connectivity index (χ3n) is 4.88. The Kier molecular flexibility index (Phi) is 5.14. The molecule has 0 saturated heterocycles. The van der Waals surface area contributed by atoms with Crippen molar-refractivity contribution < 1.29 is 4.79 Å². The zero-order valence-electron chi connectivity index (χ0n) is 16.1. The Bertz CT molecular complexity index is 1260. The van der Waals surface area contributed by atoms with E-state index in [1.54, 1.807) is 4.57 Å². The van der Waals surface area contributed by atoms with Gasteiger partial charge in [0.25, 0.3) is 5.56 Å². The van der Waals surface area contributed by atoms with Crippen LogP contribution >= 0.6 is 23.1 Å². The van der Waals surface area contributed by atoms with Gasteiger partial charge in [-0.15, -0.1) is 11.3 Å². The van der Waals surface area contributed by atoms with Crippen LogP contribution in [0, 0.1) is 0 Å². The van der Waals surface area contributed by atoms with Gasteiger partial charge in [0.2, 0.25) is 5.91 Å². The first-order chi connectivity index (χ1) is 14.7. The van der Waals surface area contributed by atoms with Gasteiger partial charge in [0.1, 0.15) is 4.83 Å². The van der Waals surface area contributed by atoms with Gasteiger partial charge in [-0.3, -0.25) is 14.2 Å². The molecule has 5 rings (SSSR count). The molecular weight excluding hydrogens is 414 g/mol. The third kappa shape index (κ3) is 3.91. The highest BCUT2D eigenvalue weighted by atomic mass is 32.2. The van der Waals surface area contributed by atoms with E-state index in [9.17, 15) is 9.59 Å². The summed E-state index contributed by atoms with van der Waals surface area (Å²) in [7, 11) is 0. The van der Waals surface area contributed by atoms with Crippen LogP contribution in [-0.4, -0.2) is 27.3 Å². The number of amides is 1. The van der Waals surface area contributed by atoms with Crippen LogP contribution in [0.1, 0.15) is 12.8 Å². The summed E-state index contributed by atoms with van der Waals surface area (Å²) in [5.41, 5.74) is 1.69. The van der Waals surface area contributed by atoms with E-state index in [-0.39, 0.29) is 17.2 Å². The molecule has 0 unspecified atom stereocenters. The molecule has 2 aromatic carbocycles. The van der Waals surface area contributed by atoms with Gasteiger partial charge in [-0.2, -0.15) is 0 Å². The number of carbonyl (C=O) groups excluding carboxylic acids is 1. The normalized spacial score (nSPS) is 13.5. The van der Waals surface area contributed by atoms with Crippen molar-refractivity contribution in [2.75, 3.05) is 5.75 Å². The van der Waals surface area contributed by atoms with Crippen molar-refractivity contribution in [2.45, 2.75) is 24.0 Å². The van der Waals surface area contributed by atoms with E-state index in [1.807, 2.05) is 66.7 Å². The summed E-state index contributed by atoms with van der Waals surface area (Å²) >= 11 is 2.80. The highest BCUT2D eigenvalue weighted by molar-refractivity contribution is 7.99. The fourth-order valence-corrected chi connectivity index (χ4v) is 5.14. The standard InChI is InChI=1S/C23H19N3O2S2/c27-20(24-16-11-12-16)14-29-23-25-21-18(13-19(30-21)15-7-3-1-4-8-15)22(28)26(23)17-9-5-2-6-10-17/h1-10,13,16H,11-12,14H2,(H,24,27). The molecule has 0 spiro atoms. The average molecular weight is 434 g/mol. The first-order valence-corrected chi connectivity index (χ1v) is 11.6. The molecule has 0 radical (unpaired) electrons. The molecule has 0 atom stereocenters. The topological polar surface area (TPSA) is 64.0 Å². The summed E-state index contributed by atoms with van der Waals surface area (Å²) in [4.78, 5) is 32.1. The number of para-hydroxylation sites is 1. The molecule has 1 amide bonds. The van der Waals surface area contributed by atoms with Gasteiger partial charge in [0.15, 0.2) is 5.16 Å². The molecule has 1 saturated carbocycles. The van der Waals surface area contributed by atoms with E-state index in [1.165, 1.54) is 23.1 Å². The van der Waals surface area contributed by atoms with Crippen molar-refractivity contribution in [1.82, 2.24) is 14.9 Å². The fraction of sp³-hybridized carbons (Fsp3) is 0.174. The van der Waals surface area contributed by atoms with Gasteiger partial charge in [-0.25, -0.2) is 4.98 Å². The fourth-order valence-electron chi connectivity index (χ4n) is 3.24. The molecule has 1 fully saturated rings. The second-order valence-corrected chi connectivity index (χ2v) is 9.17. The van der Waals surface area contributed by atoms with Crippen molar-refractivity contribution in [3.63, 3.8) is 0 Å². The number of thiophene rings is 1. The number of rotatable bonds is 6. The minimum absolute atomic E-state index is 0.0207. The lowest BCUT2D eigenvalue weighted by Gasteiger charge is -2.11. The van der Waals surface area contributed by atoms with Crippen molar-refractivity contribution in [2.24, 2.45) is 0 Å². The molecule has 2 heterocycles.